The lowest BCUT2D eigenvalue weighted by molar-refractivity contribution is -0.531. The van der Waals surface area contributed by atoms with E-state index in [0.29, 0.717) is 6.42 Å². The van der Waals surface area contributed by atoms with Crippen molar-refractivity contribution >= 4 is 10.4 Å². The molecule has 0 aromatic heterocycles. The smallest absolute Gasteiger partial charge is 0.390 e. The van der Waals surface area contributed by atoms with Crippen molar-refractivity contribution in [2.45, 2.75) is 75.6 Å². The summed E-state index contributed by atoms with van der Waals surface area (Å²) in [5.74, 6) is -0.537. The lowest BCUT2D eigenvalue weighted by Gasteiger charge is -2.45. The zero-order valence-electron chi connectivity index (χ0n) is 16.0. The van der Waals surface area contributed by atoms with E-state index in [4.69, 9.17) is 38.4 Å². The monoisotopic (exact) mass is 446 g/mol. The lowest BCUT2D eigenvalue weighted by atomic mass is 9.89. The second kappa shape index (κ2) is 9.33. The molecule has 3 heterocycles. The maximum Gasteiger partial charge on any atom is 0.397 e. The molecule has 3 aliphatic rings. The van der Waals surface area contributed by atoms with Crippen molar-refractivity contribution in [2.24, 2.45) is 5.92 Å². The molecule has 0 radical (unpaired) electrons. The molecule has 14 heteroatoms. The van der Waals surface area contributed by atoms with Gasteiger partial charge in [-0.05, 0) is 6.42 Å². The summed E-state index contributed by atoms with van der Waals surface area (Å²) in [5, 5.41) is 22.8. The lowest BCUT2D eigenvalue weighted by Crippen LogP contribution is -2.60. The van der Waals surface area contributed by atoms with Gasteiger partial charge >= 0.3 is 10.4 Å². The molecule has 3 fully saturated rings. The first-order valence-corrected chi connectivity index (χ1v) is 10.5. The van der Waals surface area contributed by atoms with Crippen LogP contribution < -0.4 is 0 Å². The molecule has 0 aromatic rings. The fourth-order valence-corrected chi connectivity index (χ4v) is 4.38. The van der Waals surface area contributed by atoms with Crippen LogP contribution in [-0.2, 0) is 48.2 Å². The summed E-state index contributed by atoms with van der Waals surface area (Å²) in [4.78, 5) is 4.83. The van der Waals surface area contributed by atoms with Crippen molar-refractivity contribution in [1.29, 1.82) is 0 Å². The van der Waals surface area contributed by atoms with Crippen molar-refractivity contribution in [3.05, 3.63) is 0 Å². The Morgan fingerprint density at radius 1 is 1.14 bits per heavy atom. The average Bonchev–Trinajstić information content (AvgIpc) is 2.95. The van der Waals surface area contributed by atoms with Gasteiger partial charge in [-0.25, -0.2) is 9.44 Å². The molecule has 29 heavy (non-hydrogen) atoms. The third-order valence-electron chi connectivity index (χ3n) is 5.37. The van der Waals surface area contributed by atoms with Crippen LogP contribution in [0.2, 0.25) is 0 Å². The molecule has 10 atom stereocenters. The van der Waals surface area contributed by atoms with Crippen LogP contribution in [0.4, 0.5) is 0 Å². The van der Waals surface area contributed by atoms with Gasteiger partial charge in [-0.2, -0.15) is 13.3 Å². The maximum atomic E-state index is 11.2. The zero-order chi connectivity index (χ0) is 21.3. The van der Waals surface area contributed by atoms with Crippen LogP contribution in [0.3, 0.4) is 0 Å². The Kier molecular flexibility index (Phi) is 7.46. The Morgan fingerprint density at radius 3 is 2.45 bits per heavy atom. The SMILES string of the molecule is CCC1O[C@@H](O[C@H]2C3COC2[C@H](OS(=O)(=O)O)[C@@H](OC)O3)C(OOO)[C@@H](C)[C@H]1O. The minimum Gasteiger partial charge on any atom is -0.390 e. The van der Waals surface area contributed by atoms with E-state index in [1.165, 1.54) is 7.11 Å². The molecule has 3 rings (SSSR count). The van der Waals surface area contributed by atoms with Gasteiger partial charge in [-0.15, -0.1) is 0 Å². The van der Waals surface area contributed by atoms with Crippen molar-refractivity contribution in [1.82, 2.24) is 0 Å². The topological polar surface area (TPSA) is 169 Å². The van der Waals surface area contributed by atoms with Crippen molar-refractivity contribution in [3.63, 3.8) is 0 Å². The molecule has 3 saturated heterocycles. The number of hydrogen-bond donors (Lipinski definition) is 3. The highest BCUT2D eigenvalue weighted by atomic mass is 32.3. The largest absolute Gasteiger partial charge is 0.397 e. The molecule has 0 saturated carbocycles. The van der Waals surface area contributed by atoms with Crippen LogP contribution in [0.25, 0.3) is 0 Å². The number of aliphatic hydroxyl groups is 1. The van der Waals surface area contributed by atoms with E-state index in [1.54, 1.807) is 6.92 Å². The molecule has 0 amide bonds. The Bertz CT molecular complexity index is 644. The van der Waals surface area contributed by atoms with Gasteiger partial charge < -0.3 is 28.8 Å². The molecule has 0 aromatic carbocycles. The number of ether oxygens (including phenoxy) is 5. The average molecular weight is 446 g/mol. The molecule has 3 aliphatic heterocycles. The van der Waals surface area contributed by atoms with E-state index < -0.39 is 71.6 Å². The number of methoxy groups -OCH3 is 1. The molecular formula is C15H26O13S. The predicted molar refractivity (Wildman–Crippen MR) is 89.4 cm³/mol. The van der Waals surface area contributed by atoms with Crippen molar-refractivity contribution in [2.75, 3.05) is 13.7 Å². The van der Waals surface area contributed by atoms with E-state index in [9.17, 15) is 13.5 Å². The fourth-order valence-electron chi connectivity index (χ4n) is 3.90. The van der Waals surface area contributed by atoms with Gasteiger partial charge in [0.15, 0.2) is 24.8 Å². The number of hydrogen-bond acceptors (Lipinski definition) is 12. The van der Waals surface area contributed by atoms with Gasteiger partial charge in [0, 0.05) is 13.0 Å². The summed E-state index contributed by atoms with van der Waals surface area (Å²) < 4.78 is 64.3. The predicted octanol–water partition coefficient (Wildman–Crippen LogP) is -0.749. The zero-order valence-corrected chi connectivity index (χ0v) is 16.8. The molecule has 0 spiro atoms. The summed E-state index contributed by atoms with van der Waals surface area (Å²) in [6.07, 6.45) is -8.13. The molecule has 170 valence electrons. The quantitative estimate of drug-likeness (QED) is 0.242. The number of rotatable bonds is 8. The van der Waals surface area contributed by atoms with E-state index in [2.05, 4.69) is 9.22 Å². The van der Waals surface area contributed by atoms with Gasteiger partial charge in [0.05, 0.1) is 18.8 Å². The van der Waals surface area contributed by atoms with E-state index in [-0.39, 0.29) is 6.61 Å². The summed E-state index contributed by atoms with van der Waals surface area (Å²) in [6, 6.07) is 0. The number of aliphatic hydroxyl groups excluding tert-OH is 1. The van der Waals surface area contributed by atoms with Gasteiger partial charge in [-0.3, -0.25) is 4.55 Å². The first kappa shape index (κ1) is 23.2. The van der Waals surface area contributed by atoms with Crippen LogP contribution in [0.1, 0.15) is 20.3 Å². The molecule has 13 nitrogen and oxygen atoms in total. The van der Waals surface area contributed by atoms with Crippen LogP contribution >= 0.6 is 0 Å². The molecule has 2 bridgehead atoms. The first-order valence-electron chi connectivity index (χ1n) is 9.11. The van der Waals surface area contributed by atoms with Gasteiger partial charge in [0.1, 0.15) is 18.3 Å². The van der Waals surface area contributed by atoms with Crippen LogP contribution in [-0.4, -0.2) is 92.4 Å². The third kappa shape index (κ3) is 4.89. The number of fused-ring (bicyclic) bond motifs is 2. The van der Waals surface area contributed by atoms with E-state index in [0.717, 1.165) is 0 Å². The van der Waals surface area contributed by atoms with Gasteiger partial charge in [0.25, 0.3) is 0 Å². The highest BCUT2D eigenvalue weighted by Crippen LogP contribution is 2.38. The summed E-state index contributed by atoms with van der Waals surface area (Å²) in [7, 11) is -3.55. The molecule has 4 unspecified atom stereocenters. The maximum absolute atomic E-state index is 11.2. The summed E-state index contributed by atoms with van der Waals surface area (Å²) in [5.41, 5.74) is 0. The second-order valence-electron chi connectivity index (χ2n) is 7.10. The first-order chi connectivity index (χ1) is 13.7. The van der Waals surface area contributed by atoms with Gasteiger partial charge in [0.2, 0.25) is 0 Å². The van der Waals surface area contributed by atoms with Crippen molar-refractivity contribution < 1.29 is 61.1 Å². The normalized spacial score (nSPS) is 45.4. The summed E-state index contributed by atoms with van der Waals surface area (Å²) in [6.45, 7) is 3.53. The second-order valence-corrected chi connectivity index (χ2v) is 8.15. The molecule has 3 N–H and O–H groups in total. The fraction of sp³-hybridized carbons (Fsp3) is 1.00. The highest BCUT2D eigenvalue weighted by molar-refractivity contribution is 7.80. The minimum atomic E-state index is -4.83. The molecular weight excluding hydrogens is 420 g/mol. The molecule has 0 aliphatic carbocycles. The Hall–Kier alpha value is -0.490. The highest BCUT2D eigenvalue weighted by Gasteiger charge is 2.57. The standard InChI is InChI=1S/C15H26O13S/c1-4-7-9(16)6(2)10(26-28-17)15(23-7)25-11-8-5-22-12(11)13(14(21-3)24-8)27-29(18,19)20/h6-17H,4-5H2,1-3H3,(H,18,19,20)/t6-,7?,8?,9+,10?,11-,12?,13-,14-,15-/m0/s1. The van der Waals surface area contributed by atoms with Crippen molar-refractivity contribution in [3.8, 4) is 0 Å². The Labute approximate surface area is 167 Å². The minimum absolute atomic E-state index is 0.0463. The third-order valence-corrected chi connectivity index (χ3v) is 5.84. The summed E-state index contributed by atoms with van der Waals surface area (Å²) >= 11 is 0. The van der Waals surface area contributed by atoms with Crippen LogP contribution in [0.5, 0.6) is 0 Å². The Morgan fingerprint density at radius 2 is 1.86 bits per heavy atom. The van der Waals surface area contributed by atoms with E-state index in [1.807, 2.05) is 6.92 Å². The van der Waals surface area contributed by atoms with Gasteiger partial charge in [-0.1, -0.05) is 18.9 Å². The van der Waals surface area contributed by atoms with E-state index >= 15 is 0 Å². The Balaban J connectivity index is 1.80. The van der Waals surface area contributed by atoms with Crippen LogP contribution in [0, 0.1) is 5.92 Å². The van der Waals surface area contributed by atoms with Crippen LogP contribution in [0.15, 0.2) is 0 Å².